The zero-order valence-electron chi connectivity index (χ0n) is 13.8. The SMILES string of the molecule is O=C1CCCN1[C@H]1CCCN(Cc2ncn(-c3ccccc3)n2)C1. The predicted octanol–water partition coefficient (Wildman–Crippen LogP) is 1.85. The largest absolute Gasteiger partial charge is 0.338 e. The van der Waals surface area contributed by atoms with Crippen molar-refractivity contribution in [2.45, 2.75) is 38.3 Å². The first-order chi connectivity index (χ1) is 11.8. The molecule has 2 aliphatic heterocycles. The lowest BCUT2D eigenvalue weighted by molar-refractivity contribution is -0.130. The maximum Gasteiger partial charge on any atom is 0.222 e. The highest BCUT2D eigenvalue weighted by molar-refractivity contribution is 5.78. The maximum atomic E-state index is 12.0. The normalized spacial score (nSPS) is 22.2. The summed E-state index contributed by atoms with van der Waals surface area (Å²) >= 11 is 0. The zero-order valence-corrected chi connectivity index (χ0v) is 13.8. The lowest BCUT2D eigenvalue weighted by Crippen LogP contribution is -2.48. The number of amides is 1. The molecule has 2 aromatic rings. The van der Waals surface area contributed by atoms with Crippen LogP contribution >= 0.6 is 0 Å². The van der Waals surface area contributed by atoms with Gasteiger partial charge in [0.05, 0.1) is 12.2 Å². The summed E-state index contributed by atoms with van der Waals surface area (Å²) in [6.45, 7) is 3.67. The maximum absolute atomic E-state index is 12.0. The molecule has 0 unspecified atom stereocenters. The second-order valence-electron chi connectivity index (χ2n) is 6.66. The molecule has 1 aromatic heterocycles. The van der Waals surface area contributed by atoms with E-state index < -0.39 is 0 Å². The van der Waals surface area contributed by atoms with Gasteiger partial charge < -0.3 is 4.90 Å². The van der Waals surface area contributed by atoms with Crippen LogP contribution in [0.5, 0.6) is 0 Å². The standard InChI is InChI=1S/C18H23N5O/c24-18-9-5-11-22(18)16-8-4-10-21(12-16)13-17-19-14-23(20-17)15-6-2-1-3-7-15/h1-3,6-7,14,16H,4-5,8-13H2/t16-/m0/s1. The first kappa shape index (κ1) is 15.3. The van der Waals surface area contributed by atoms with Gasteiger partial charge in [-0.2, -0.15) is 0 Å². The molecule has 4 rings (SSSR count). The van der Waals surface area contributed by atoms with Gasteiger partial charge in [-0.25, -0.2) is 9.67 Å². The van der Waals surface area contributed by atoms with Crippen molar-refractivity contribution in [3.8, 4) is 5.69 Å². The fraction of sp³-hybridized carbons (Fsp3) is 0.500. The van der Waals surface area contributed by atoms with Crippen LogP contribution in [0, 0.1) is 0 Å². The quantitative estimate of drug-likeness (QED) is 0.861. The number of likely N-dealkylation sites (tertiary alicyclic amines) is 2. The van der Waals surface area contributed by atoms with E-state index in [4.69, 9.17) is 0 Å². The molecule has 6 nitrogen and oxygen atoms in total. The number of rotatable bonds is 4. The van der Waals surface area contributed by atoms with Crippen molar-refractivity contribution >= 4 is 5.91 Å². The number of hydrogen-bond donors (Lipinski definition) is 0. The number of piperidine rings is 1. The van der Waals surface area contributed by atoms with E-state index in [1.165, 1.54) is 0 Å². The summed E-state index contributed by atoms with van der Waals surface area (Å²) in [6, 6.07) is 10.4. The molecule has 1 amide bonds. The van der Waals surface area contributed by atoms with Gasteiger partial charge in [0, 0.05) is 25.6 Å². The fourth-order valence-corrected chi connectivity index (χ4v) is 3.76. The third-order valence-corrected chi connectivity index (χ3v) is 4.96. The summed E-state index contributed by atoms with van der Waals surface area (Å²) in [6.07, 6.45) is 5.76. The molecule has 1 aromatic carbocycles. The molecule has 1 atom stereocenters. The van der Waals surface area contributed by atoms with Crippen LogP contribution in [0.1, 0.15) is 31.5 Å². The van der Waals surface area contributed by atoms with E-state index in [1.807, 2.05) is 35.0 Å². The number of carbonyl (C=O) groups is 1. The van der Waals surface area contributed by atoms with Gasteiger partial charge >= 0.3 is 0 Å². The number of benzene rings is 1. The Morgan fingerprint density at radius 2 is 2.00 bits per heavy atom. The van der Waals surface area contributed by atoms with Crippen molar-refractivity contribution in [2.24, 2.45) is 0 Å². The van der Waals surface area contributed by atoms with Gasteiger partial charge in [-0.05, 0) is 37.9 Å². The molecule has 0 saturated carbocycles. The Kier molecular flexibility index (Phi) is 4.30. The van der Waals surface area contributed by atoms with Crippen molar-refractivity contribution in [2.75, 3.05) is 19.6 Å². The molecule has 126 valence electrons. The van der Waals surface area contributed by atoms with Crippen LogP contribution in [-0.4, -0.2) is 56.1 Å². The van der Waals surface area contributed by atoms with Crippen LogP contribution in [0.3, 0.4) is 0 Å². The molecule has 2 aliphatic rings. The summed E-state index contributed by atoms with van der Waals surface area (Å²) in [5.74, 6) is 1.17. The van der Waals surface area contributed by atoms with Crippen LogP contribution in [-0.2, 0) is 11.3 Å². The molecule has 0 spiro atoms. The lowest BCUT2D eigenvalue weighted by atomic mass is 10.0. The number of para-hydroxylation sites is 1. The molecular formula is C18H23N5O. The van der Waals surface area contributed by atoms with E-state index in [0.29, 0.717) is 11.9 Å². The minimum atomic E-state index is 0.327. The fourth-order valence-electron chi connectivity index (χ4n) is 3.76. The molecule has 2 saturated heterocycles. The van der Waals surface area contributed by atoms with E-state index >= 15 is 0 Å². The van der Waals surface area contributed by atoms with Gasteiger partial charge in [0.2, 0.25) is 5.91 Å². The summed E-state index contributed by atoms with van der Waals surface area (Å²) < 4.78 is 1.82. The first-order valence-corrected chi connectivity index (χ1v) is 8.77. The third kappa shape index (κ3) is 3.19. The lowest BCUT2D eigenvalue weighted by Gasteiger charge is -2.37. The van der Waals surface area contributed by atoms with Crippen LogP contribution in [0.25, 0.3) is 5.69 Å². The highest BCUT2D eigenvalue weighted by Crippen LogP contribution is 2.22. The van der Waals surface area contributed by atoms with E-state index in [2.05, 4.69) is 19.9 Å². The molecule has 0 N–H and O–H groups in total. The minimum absolute atomic E-state index is 0.327. The summed E-state index contributed by atoms with van der Waals surface area (Å²) in [5, 5.41) is 4.60. The second kappa shape index (κ2) is 6.73. The molecule has 0 aliphatic carbocycles. The van der Waals surface area contributed by atoms with Crippen molar-refractivity contribution in [3.63, 3.8) is 0 Å². The highest BCUT2D eigenvalue weighted by atomic mass is 16.2. The monoisotopic (exact) mass is 325 g/mol. The van der Waals surface area contributed by atoms with Gasteiger partial charge in [0.15, 0.2) is 5.82 Å². The Morgan fingerprint density at radius 1 is 1.12 bits per heavy atom. The number of aromatic nitrogens is 3. The Morgan fingerprint density at radius 3 is 2.79 bits per heavy atom. The number of nitrogens with zero attached hydrogens (tertiary/aromatic N) is 5. The summed E-state index contributed by atoms with van der Waals surface area (Å²) in [7, 11) is 0. The zero-order chi connectivity index (χ0) is 16.4. The highest BCUT2D eigenvalue weighted by Gasteiger charge is 2.31. The van der Waals surface area contributed by atoms with E-state index in [9.17, 15) is 4.79 Å². The smallest absolute Gasteiger partial charge is 0.222 e. The van der Waals surface area contributed by atoms with E-state index in [1.54, 1.807) is 6.33 Å². The summed E-state index contributed by atoms with van der Waals surface area (Å²) in [4.78, 5) is 20.9. The molecule has 0 radical (unpaired) electrons. The van der Waals surface area contributed by atoms with Crippen molar-refractivity contribution < 1.29 is 4.79 Å². The topological polar surface area (TPSA) is 54.3 Å². The minimum Gasteiger partial charge on any atom is -0.338 e. The molecule has 24 heavy (non-hydrogen) atoms. The van der Waals surface area contributed by atoms with Gasteiger partial charge in [-0.1, -0.05) is 18.2 Å². The number of hydrogen-bond acceptors (Lipinski definition) is 4. The average Bonchev–Trinajstić information content (AvgIpc) is 3.25. The van der Waals surface area contributed by atoms with Gasteiger partial charge in [-0.3, -0.25) is 9.69 Å². The average molecular weight is 325 g/mol. The van der Waals surface area contributed by atoms with Crippen molar-refractivity contribution in [1.82, 2.24) is 24.6 Å². The molecule has 0 bridgehead atoms. The third-order valence-electron chi connectivity index (χ3n) is 4.96. The van der Waals surface area contributed by atoms with Crippen LogP contribution in [0.4, 0.5) is 0 Å². The molecule has 3 heterocycles. The molecular weight excluding hydrogens is 302 g/mol. The van der Waals surface area contributed by atoms with Crippen LogP contribution < -0.4 is 0 Å². The Balaban J connectivity index is 1.40. The van der Waals surface area contributed by atoms with Gasteiger partial charge in [0.1, 0.15) is 6.33 Å². The van der Waals surface area contributed by atoms with Crippen LogP contribution in [0.2, 0.25) is 0 Å². The van der Waals surface area contributed by atoms with Crippen LogP contribution in [0.15, 0.2) is 36.7 Å². The summed E-state index contributed by atoms with van der Waals surface area (Å²) in [5.41, 5.74) is 1.02. The van der Waals surface area contributed by atoms with Gasteiger partial charge in [0.25, 0.3) is 0 Å². The second-order valence-corrected chi connectivity index (χ2v) is 6.66. The predicted molar refractivity (Wildman–Crippen MR) is 90.6 cm³/mol. The Hall–Kier alpha value is -2.21. The first-order valence-electron chi connectivity index (χ1n) is 8.77. The number of carbonyl (C=O) groups excluding carboxylic acids is 1. The van der Waals surface area contributed by atoms with E-state index in [0.717, 1.165) is 63.4 Å². The van der Waals surface area contributed by atoms with Crippen molar-refractivity contribution in [3.05, 3.63) is 42.5 Å². The molecule has 2 fully saturated rings. The molecule has 6 heteroatoms. The Bertz CT molecular complexity index is 698. The van der Waals surface area contributed by atoms with Gasteiger partial charge in [-0.15, -0.1) is 5.10 Å². The Labute approximate surface area is 142 Å². The van der Waals surface area contributed by atoms with E-state index in [-0.39, 0.29) is 0 Å². The van der Waals surface area contributed by atoms with Crippen molar-refractivity contribution in [1.29, 1.82) is 0 Å².